The molecular weight excluding hydrogens is 444 g/mol. The minimum absolute atomic E-state index is 0.00401. The lowest BCUT2D eigenvalue weighted by molar-refractivity contribution is 0.0551. The van der Waals surface area contributed by atoms with Crippen LogP contribution in [0.1, 0.15) is 35.3 Å². The maximum atomic E-state index is 11.1. The fraction of sp³-hybridized carbons (Fsp3) is 0.286. The predicted molar refractivity (Wildman–Crippen MR) is 133 cm³/mol. The van der Waals surface area contributed by atoms with Crippen molar-refractivity contribution in [3.63, 3.8) is 0 Å². The highest BCUT2D eigenvalue weighted by Gasteiger charge is 2.19. The molecular formula is C28H30N2O5. The number of nitrogens with one attached hydrogen (secondary N) is 1. The van der Waals surface area contributed by atoms with E-state index in [1.54, 1.807) is 30.3 Å². The molecule has 0 fully saturated rings. The largest absolute Gasteiger partial charge is 0.489 e. The number of rotatable bonds is 12. The highest BCUT2D eigenvalue weighted by atomic mass is 16.5. The van der Waals surface area contributed by atoms with Gasteiger partial charge in [0.25, 0.3) is 0 Å². The van der Waals surface area contributed by atoms with Crippen LogP contribution in [0, 0.1) is 11.3 Å². The predicted octanol–water partition coefficient (Wildman–Crippen LogP) is 4.25. The van der Waals surface area contributed by atoms with Crippen LogP contribution in [0.25, 0.3) is 11.1 Å². The molecule has 182 valence electrons. The Morgan fingerprint density at radius 2 is 1.74 bits per heavy atom. The quantitative estimate of drug-likeness (QED) is 0.360. The molecule has 7 nitrogen and oxygen atoms in total. The van der Waals surface area contributed by atoms with Crippen molar-refractivity contribution in [1.29, 1.82) is 5.26 Å². The molecule has 3 aromatic carbocycles. The summed E-state index contributed by atoms with van der Waals surface area (Å²) in [5.74, 6) is -0.634. The number of carboxylic acids is 1. The first-order valence-electron chi connectivity index (χ1n) is 11.3. The number of carbonyl (C=O) groups is 1. The molecule has 0 amide bonds. The van der Waals surface area contributed by atoms with Gasteiger partial charge in [-0.2, -0.15) is 5.26 Å². The van der Waals surface area contributed by atoms with Crippen molar-refractivity contribution in [3.05, 3.63) is 89.5 Å². The van der Waals surface area contributed by atoms with E-state index in [0.29, 0.717) is 31.1 Å². The molecule has 7 heteroatoms. The van der Waals surface area contributed by atoms with E-state index in [0.717, 1.165) is 16.7 Å². The first kappa shape index (κ1) is 25.9. The zero-order valence-electron chi connectivity index (χ0n) is 19.9. The molecule has 0 aromatic heterocycles. The summed E-state index contributed by atoms with van der Waals surface area (Å²) in [6.07, 6.45) is -0.798. The third-order valence-corrected chi connectivity index (χ3v) is 5.39. The fourth-order valence-electron chi connectivity index (χ4n) is 3.41. The number of nitriles is 1. The second kappa shape index (κ2) is 12.1. The molecule has 3 N–H and O–H groups in total. The number of benzene rings is 3. The molecule has 0 radical (unpaired) electrons. The minimum atomic E-state index is -0.992. The van der Waals surface area contributed by atoms with E-state index in [9.17, 15) is 15.2 Å². The van der Waals surface area contributed by atoms with Crippen LogP contribution in [0.5, 0.6) is 5.75 Å². The summed E-state index contributed by atoms with van der Waals surface area (Å²) in [7, 11) is 0. The number of aliphatic hydroxyl groups excluding tert-OH is 1. The molecule has 0 aliphatic heterocycles. The topological polar surface area (TPSA) is 112 Å². The van der Waals surface area contributed by atoms with Crippen LogP contribution in [-0.2, 0) is 11.3 Å². The van der Waals surface area contributed by atoms with E-state index >= 15 is 0 Å². The normalized spacial score (nSPS) is 12.1. The van der Waals surface area contributed by atoms with Crippen molar-refractivity contribution in [2.45, 2.75) is 32.1 Å². The Morgan fingerprint density at radius 1 is 1.06 bits per heavy atom. The fourth-order valence-corrected chi connectivity index (χ4v) is 3.41. The van der Waals surface area contributed by atoms with Crippen molar-refractivity contribution >= 4 is 5.97 Å². The monoisotopic (exact) mass is 474 g/mol. The van der Waals surface area contributed by atoms with Crippen LogP contribution in [0.15, 0.2) is 72.8 Å². The van der Waals surface area contributed by atoms with Gasteiger partial charge in [0.2, 0.25) is 0 Å². The summed E-state index contributed by atoms with van der Waals surface area (Å²) < 4.78 is 11.6. The number of aliphatic hydroxyl groups is 1. The number of ether oxygens (including phenoxy) is 2. The van der Waals surface area contributed by atoms with Crippen LogP contribution >= 0.6 is 0 Å². The zero-order valence-corrected chi connectivity index (χ0v) is 19.9. The molecule has 35 heavy (non-hydrogen) atoms. The van der Waals surface area contributed by atoms with E-state index < -0.39 is 12.1 Å². The molecule has 0 saturated heterocycles. The summed E-state index contributed by atoms with van der Waals surface area (Å²) in [6.45, 7) is 5.28. The molecule has 3 aromatic rings. The van der Waals surface area contributed by atoms with Crippen LogP contribution < -0.4 is 10.1 Å². The zero-order chi connectivity index (χ0) is 25.3. The Morgan fingerprint density at radius 3 is 2.40 bits per heavy atom. The molecule has 0 aliphatic rings. The van der Waals surface area contributed by atoms with Gasteiger partial charge in [-0.3, -0.25) is 0 Å². The van der Waals surface area contributed by atoms with Gasteiger partial charge in [0.15, 0.2) is 0 Å². The Bertz CT molecular complexity index is 1150. The highest BCUT2D eigenvalue weighted by molar-refractivity contribution is 5.88. The summed E-state index contributed by atoms with van der Waals surface area (Å²) in [5, 5.41) is 32.2. The van der Waals surface area contributed by atoms with Crippen molar-refractivity contribution in [2.24, 2.45) is 0 Å². The van der Waals surface area contributed by atoms with Crippen molar-refractivity contribution in [1.82, 2.24) is 5.32 Å². The minimum Gasteiger partial charge on any atom is -0.489 e. The van der Waals surface area contributed by atoms with Gasteiger partial charge in [0.05, 0.1) is 24.3 Å². The second-order valence-electron chi connectivity index (χ2n) is 8.91. The Balaban J connectivity index is 1.52. The molecule has 0 aliphatic carbocycles. The molecule has 1 unspecified atom stereocenters. The van der Waals surface area contributed by atoms with Crippen LogP contribution in [-0.4, -0.2) is 47.6 Å². The average molecular weight is 475 g/mol. The van der Waals surface area contributed by atoms with Crippen LogP contribution in [0.3, 0.4) is 0 Å². The van der Waals surface area contributed by atoms with E-state index in [1.807, 2.05) is 44.2 Å². The number of hydrogen-bond donors (Lipinski definition) is 3. The third-order valence-electron chi connectivity index (χ3n) is 5.39. The van der Waals surface area contributed by atoms with Crippen LogP contribution in [0.4, 0.5) is 0 Å². The molecule has 0 spiro atoms. The first-order chi connectivity index (χ1) is 16.8. The van der Waals surface area contributed by atoms with Gasteiger partial charge in [-0.15, -0.1) is 0 Å². The van der Waals surface area contributed by atoms with Gasteiger partial charge >= 0.3 is 5.97 Å². The van der Waals surface area contributed by atoms with Gasteiger partial charge in [-0.05, 0) is 54.8 Å². The maximum absolute atomic E-state index is 11.1. The van der Waals surface area contributed by atoms with Crippen molar-refractivity contribution in [3.8, 4) is 22.9 Å². The smallest absolute Gasteiger partial charge is 0.335 e. The van der Waals surface area contributed by atoms with Crippen LogP contribution in [0.2, 0.25) is 0 Å². The standard InChI is InChI=1S/C28H30N2O5/c1-28(2,19-34-17-20-6-4-3-5-7-20)30-16-25(31)18-35-26-14-23(12-13-24(26)15-29)21-8-10-22(11-9-21)27(32)33/h3-14,25,30-31H,16-19H2,1-2H3,(H,32,33). The molecule has 0 heterocycles. The van der Waals surface area contributed by atoms with Gasteiger partial charge in [-0.1, -0.05) is 48.5 Å². The number of nitrogens with zero attached hydrogens (tertiary/aromatic N) is 1. The average Bonchev–Trinajstić information content (AvgIpc) is 2.86. The van der Waals surface area contributed by atoms with E-state index in [2.05, 4.69) is 11.4 Å². The molecule has 0 bridgehead atoms. The van der Waals surface area contributed by atoms with Gasteiger partial charge < -0.3 is 25.0 Å². The molecule has 3 rings (SSSR count). The first-order valence-corrected chi connectivity index (χ1v) is 11.3. The highest BCUT2D eigenvalue weighted by Crippen LogP contribution is 2.27. The maximum Gasteiger partial charge on any atom is 0.335 e. The lowest BCUT2D eigenvalue weighted by Gasteiger charge is -2.27. The van der Waals surface area contributed by atoms with Crippen molar-refractivity contribution in [2.75, 3.05) is 19.8 Å². The Hall–Kier alpha value is -3.70. The van der Waals surface area contributed by atoms with E-state index in [-0.39, 0.29) is 17.7 Å². The third kappa shape index (κ3) is 7.94. The number of hydrogen-bond acceptors (Lipinski definition) is 6. The van der Waals surface area contributed by atoms with E-state index in [4.69, 9.17) is 14.6 Å². The van der Waals surface area contributed by atoms with Gasteiger partial charge in [-0.25, -0.2) is 4.79 Å². The number of aromatic carboxylic acids is 1. The van der Waals surface area contributed by atoms with Gasteiger partial charge in [0, 0.05) is 12.1 Å². The molecule has 0 saturated carbocycles. The van der Waals surface area contributed by atoms with Gasteiger partial charge in [0.1, 0.15) is 24.5 Å². The van der Waals surface area contributed by atoms with E-state index in [1.165, 1.54) is 12.1 Å². The molecule has 1 atom stereocenters. The Kier molecular flexibility index (Phi) is 8.98. The summed E-state index contributed by atoms with van der Waals surface area (Å²) in [5.41, 5.74) is 2.87. The Labute approximate surface area is 205 Å². The summed E-state index contributed by atoms with van der Waals surface area (Å²) in [4.78, 5) is 11.1. The SMILES string of the molecule is CC(C)(COCc1ccccc1)NCC(O)COc1cc(-c2ccc(C(=O)O)cc2)ccc1C#N. The van der Waals surface area contributed by atoms with Crippen molar-refractivity contribution < 1.29 is 24.5 Å². The lowest BCUT2D eigenvalue weighted by Crippen LogP contribution is -2.47. The number of carboxylic acid groups (broad SMARTS) is 1. The summed E-state index contributed by atoms with van der Waals surface area (Å²) in [6, 6.07) is 23.6. The summed E-state index contributed by atoms with van der Waals surface area (Å²) >= 11 is 0. The number of β-amino-alcohol motifs (C(OH)–C–C–N with tert-alkyl or cyclic N) is 1. The lowest BCUT2D eigenvalue weighted by atomic mass is 10.0. The second-order valence-corrected chi connectivity index (χ2v) is 8.91.